The normalized spacial score (nSPS) is 13.4. The molecular formula is C15H24BrN. The monoisotopic (exact) mass is 297 g/mol. The van der Waals surface area contributed by atoms with E-state index in [1.807, 2.05) is 0 Å². The van der Waals surface area contributed by atoms with Crippen LogP contribution in [0.3, 0.4) is 0 Å². The van der Waals surface area contributed by atoms with E-state index in [2.05, 4.69) is 72.9 Å². The summed E-state index contributed by atoms with van der Waals surface area (Å²) < 4.78 is 0. The second-order valence-corrected chi connectivity index (χ2v) is 5.93. The Kier molecular flexibility index (Phi) is 6.21. The zero-order chi connectivity index (χ0) is 12.8. The first-order valence-electron chi connectivity index (χ1n) is 6.33. The van der Waals surface area contributed by atoms with Crippen molar-refractivity contribution in [2.75, 3.05) is 18.9 Å². The largest absolute Gasteiger partial charge is 0.302 e. The zero-order valence-electron chi connectivity index (χ0n) is 11.4. The Labute approximate surface area is 114 Å². The van der Waals surface area contributed by atoms with E-state index in [4.69, 9.17) is 0 Å². The number of alkyl halides is 1. The van der Waals surface area contributed by atoms with E-state index < -0.39 is 0 Å². The standard InChI is InChI=1S/C15H24BrN/c1-12(2)15(9-16)11-17(4)10-14-8-6-5-7-13(14)3/h5-8,12,15H,9-11H2,1-4H3. The minimum Gasteiger partial charge on any atom is -0.302 e. The van der Waals surface area contributed by atoms with Crippen LogP contribution < -0.4 is 0 Å². The van der Waals surface area contributed by atoms with E-state index >= 15 is 0 Å². The molecule has 17 heavy (non-hydrogen) atoms. The summed E-state index contributed by atoms with van der Waals surface area (Å²) in [6, 6.07) is 8.65. The molecule has 0 bridgehead atoms. The van der Waals surface area contributed by atoms with Gasteiger partial charge in [0, 0.05) is 18.4 Å². The van der Waals surface area contributed by atoms with Gasteiger partial charge in [0.1, 0.15) is 0 Å². The minimum atomic E-state index is 0.726. The van der Waals surface area contributed by atoms with Gasteiger partial charge in [0.25, 0.3) is 0 Å². The molecule has 0 spiro atoms. The lowest BCUT2D eigenvalue weighted by atomic mass is 9.97. The maximum Gasteiger partial charge on any atom is 0.0233 e. The summed E-state index contributed by atoms with van der Waals surface area (Å²) in [5, 5.41) is 1.09. The molecule has 0 aliphatic heterocycles. The molecule has 1 unspecified atom stereocenters. The lowest BCUT2D eigenvalue weighted by molar-refractivity contribution is 0.247. The van der Waals surface area contributed by atoms with Crippen molar-refractivity contribution in [1.29, 1.82) is 0 Å². The van der Waals surface area contributed by atoms with Gasteiger partial charge >= 0.3 is 0 Å². The van der Waals surface area contributed by atoms with Crippen molar-refractivity contribution in [3.8, 4) is 0 Å². The SMILES string of the molecule is Cc1ccccc1CN(C)CC(CBr)C(C)C. The van der Waals surface area contributed by atoms with E-state index in [9.17, 15) is 0 Å². The van der Waals surface area contributed by atoms with Gasteiger partial charge in [-0.05, 0) is 36.9 Å². The van der Waals surface area contributed by atoms with E-state index in [0.29, 0.717) is 0 Å². The molecule has 1 nitrogen and oxygen atoms in total. The first-order valence-corrected chi connectivity index (χ1v) is 7.45. The van der Waals surface area contributed by atoms with Crippen LogP contribution in [0.5, 0.6) is 0 Å². The van der Waals surface area contributed by atoms with E-state index in [1.165, 1.54) is 11.1 Å². The minimum absolute atomic E-state index is 0.726. The van der Waals surface area contributed by atoms with E-state index in [-0.39, 0.29) is 0 Å². The van der Waals surface area contributed by atoms with Crippen LogP contribution in [0.4, 0.5) is 0 Å². The molecule has 1 rings (SSSR count). The molecule has 1 aromatic rings. The summed E-state index contributed by atoms with van der Waals surface area (Å²) in [6.07, 6.45) is 0. The second kappa shape index (κ2) is 7.17. The summed E-state index contributed by atoms with van der Waals surface area (Å²) >= 11 is 3.62. The van der Waals surface area contributed by atoms with Gasteiger partial charge in [-0.3, -0.25) is 0 Å². The van der Waals surface area contributed by atoms with Crippen molar-refractivity contribution in [3.05, 3.63) is 35.4 Å². The molecule has 2 heteroatoms. The van der Waals surface area contributed by atoms with Gasteiger partial charge in [-0.2, -0.15) is 0 Å². The number of benzene rings is 1. The van der Waals surface area contributed by atoms with Gasteiger partial charge in [0.15, 0.2) is 0 Å². The maximum atomic E-state index is 3.62. The molecule has 1 aromatic carbocycles. The summed E-state index contributed by atoms with van der Waals surface area (Å²) in [7, 11) is 2.21. The third-order valence-corrected chi connectivity index (χ3v) is 4.22. The van der Waals surface area contributed by atoms with Gasteiger partial charge in [-0.15, -0.1) is 0 Å². The summed E-state index contributed by atoms with van der Waals surface area (Å²) in [6.45, 7) is 8.98. The van der Waals surface area contributed by atoms with Crippen molar-refractivity contribution < 1.29 is 0 Å². The summed E-state index contributed by atoms with van der Waals surface area (Å²) in [4.78, 5) is 2.42. The average molecular weight is 298 g/mol. The van der Waals surface area contributed by atoms with Crippen LogP contribution in [0.1, 0.15) is 25.0 Å². The molecule has 0 aliphatic carbocycles. The number of nitrogens with zero attached hydrogens (tertiary/aromatic N) is 1. The number of hydrogen-bond donors (Lipinski definition) is 0. The molecule has 0 saturated heterocycles. The van der Waals surface area contributed by atoms with Crippen molar-refractivity contribution >= 4 is 15.9 Å². The third-order valence-electron chi connectivity index (χ3n) is 3.39. The van der Waals surface area contributed by atoms with Crippen molar-refractivity contribution in [2.24, 2.45) is 11.8 Å². The predicted octanol–water partition coefficient (Wildman–Crippen LogP) is 4.09. The zero-order valence-corrected chi connectivity index (χ0v) is 13.0. The number of halogens is 1. The molecule has 0 saturated carbocycles. The Balaban J connectivity index is 2.55. The van der Waals surface area contributed by atoms with Gasteiger partial charge in [-0.1, -0.05) is 54.0 Å². The molecule has 0 fully saturated rings. The van der Waals surface area contributed by atoms with Crippen LogP contribution in [-0.2, 0) is 6.54 Å². The first-order chi connectivity index (χ1) is 8.04. The molecule has 0 amide bonds. The molecule has 0 heterocycles. The van der Waals surface area contributed by atoms with Crippen LogP contribution in [0.15, 0.2) is 24.3 Å². The molecule has 0 aliphatic rings. The Bertz CT molecular complexity index is 335. The maximum absolute atomic E-state index is 3.62. The molecule has 0 N–H and O–H groups in total. The van der Waals surface area contributed by atoms with E-state index in [1.54, 1.807) is 0 Å². The lowest BCUT2D eigenvalue weighted by Gasteiger charge is -2.25. The Morgan fingerprint density at radius 3 is 2.41 bits per heavy atom. The lowest BCUT2D eigenvalue weighted by Crippen LogP contribution is -2.29. The second-order valence-electron chi connectivity index (χ2n) is 5.28. The fourth-order valence-corrected chi connectivity index (χ4v) is 2.93. The van der Waals surface area contributed by atoms with Gasteiger partial charge in [0.2, 0.25) is 0 Å². The molecule has 1 atom stereocenters. The predicted molar refractivity (Wildman–Crippen MR) is 79.6 cm³/mol. The number of rotatable bonds is 6. The topological polar surface area (TPSA) is 3.24 Å². The molecule has 96 valence electrons. The highest BCUT2D eigenvalue weighted by atomic mass is 79.9. The third kappa shape index (κ3) is 4.81. The first kappa shape index (κ1) is 14.7. The fraction of sp³-hybridized carbons (Fsp3) is 0.600. The van der Waals surface area contributed by atoms with Crippen molar-refractivity contribution in [2.45, 2.75) is 27.3 Å². The van der Waals surface area contributed by atoms with Gasteiger partial charge < -0.3 is 4.90 Å². The van der Waals surface area contributed by atoms with Crippen molar-refractivity contribution in [3.63, 3.8) is 0 Å². The molecule has 0 radical (unpaired) electrons. The fourth-order valence-electron chi connectivity index (χ4n) is 1.98. The highest BCUT2D eigenvalue weighted by Crippen LogP contribution is 2.17. The number of hydrogen-bond acceptors (Lipinski definition) is 1. The van der Waals surface area contributed by atoms with Gasteiger partial charge in [-0.25, -0.2) is 0 Å². The van der Waals surface area contributed by atoms with Crippen LogP contribution in [0.25, 0.3) is 0 Å². The van der Waals surface area contributed by atoms with Gasteiger partial charge in [0.05, 0.1) is 0 Å². The Hall–Kier alpha value is -0.340. The number of aryl methyl sites for hydroxylation is 1. The summed E-state index contributed by atoms with van der Waals surface area (Å²) in [5.41, 5.74) is 2.83. The van der Waals surface area contributed by atoms with Crippen LogP contribution in [-0.4, -0.2) is 23.8 Å². The molecule has 0 aromatic heterocycles. The van der Waals surface area contributed by atoms with Crippen molar-refractivity contribution in [1.82, 2.24) is 4.90 Å². The highest BCUT2D eigenvalue weighted by Gasteiger charge is 2.14. The molecular weight excluding hydrogens is 274 g/mol. The quantitative estimate of drug-likeness (QED) is 0.715. The summed E-state index contributed by atoms with van der Waals surface area (Å²) in [5.74, 6) is 1.46. The smallest absolute Gasteiger partial charge is 0.0233 e. The Morgan fingerprint density at radius 2 is 1.88 bits per heavy atom. The van der Waals surface area contributed by atoms with Crippen LogP contribution >= 0.6 is 15.9 Å². The average Bonchev–Trinajstić information content (AvgIpc) is 2.28. The van der Waals surface area contributed by atoms with E-state index in [0.717, 1.165) is 30.3 Å². The highest BCUT2D eigenvalue weighted by molar-refractivity contribution is 9.09. The Morgan fingerprint density at radius 1 is 1.24 bits per heavy atom. The van der Waals surface area contributed by atoms with Crippen LogP contribution in [0.2, 0.25) is 0 Å². The van der Waals surface area contributed by atoms with Crippen LogP contribution in [0, 0.1) is 18.8 Å².